The van der Waals surface area contributed by atoms with Crippen molar-refractivity contribution in [2.24, 2.45) is 0 Å². The predicted molar refractivity (Wildman–Crippen MR) is 68.8 cm³/mol. The van der Waals surface area contributed by atoms with Gasteiger partial charge >= 0.3 is 0 Å². The smallest absolute Gasteiger partial charge is 0.260 e. The van der Waals surface area contributed by atoms with E-state index >= 15 is 0 Å². The van der Waals surface area contributed by atoms with Crippen molar-refractivity contribution >= 4 is 11.7 Å². The number of rotatable bonds is 3. The molecule has 0 saturated carbocycles. The van der Waals surface area contributed by atoms with Crippen molar-refractivity contribution in [3.63, 3.8) is 0 Å². The maximum Gasteiger partial charge on any atom is 0.260 e. The molecule has 0 saturated heterocycles. The fraction of sp³-hybridized carbons (Fsp3) is 0.385. The molecule has 5 nitrogen and oxygen atoms in total. The Bertz CT molecular complexity index is 581. The molecule has 0 unspecified atom stereocenters. The zero-order valence-electron chi connectivity index (χ0n) is 11.0. The summed E-state index contributed by atoms with van der Waals surface area (Å²) in [5.41, 5.74) is 2.46. The van der Waals surface area contributed by atoms with Gasteiger partial charge < -0.3 is 9.73 Å². The molecule has 2 heterocycles. The molecule has 0 aliphatic heterocycles. The fourth-order valence-electron chi connectivity index (χ4n) is 1.99. The summed E-state index contributed by atoms with van der Waals surface area (Å²) in [6.07, 6.45) is 2.53. The molecule has 0 aromatic carbocycles. The summed E-state index contributed by atoms with van der Waals surface area (Å²) in [7, 11) is 0. The SMILES string of the molecule is CCc1cn[nH]c1NC(=O)c1c(C)oc(C)c1C. The zero-order chi connectivity index (χ0) is 13.3. The van der Waals surface area contributed by atoms with Gasteiger partial charge in [0.25, 0.3) is 5.91 Å². The van der Waals surface area contributed by atoms with Crippen LogP contribution >= 0.6 is 0 Å². The van der Waals surface area contributed by atoms with Crippen molar-refractivity contribution in [2.45, 2.75) is 34.1 Å². The molecule has 96 valence electrons. The van der Waals surface area contributed by atoms with E-state index in [4.69, 9.17) is 4.42 Å². The lowest BCUT2D eigenvalue weighted by atomic mass is 10.1. The molecule has 2 aromatic heterocycles. The maximum absolute atomic E-state index is 12.2. The first kappa shape index (κ1) is 12.4. The van der Waals surface area contributed by atoms with Crippen molar-refractivity contribution in [1.82, 2.24) is 10.2 Å². The van der Waals surface area contributed by atoms with E-state index in [0.29, 0.717) is 17.1 Å². The molecular formula is C13H17N3O2. The predicted octanol–water partition coefficient (Wildman–Crippen LogP) is 2.74. The molecule has 1 amide bonds. The average molecular weight is 247 g/mol. The first-order chi connectivity index (χ1) is 8.54. The third-order valence-electron chi connectivity index (χ3n) is 3.13. The molecule has 0 bridgehead atoms. The van der Waals surface area contributed by atoms with Crippen LogP contribution < -0.4 is 5.32 Å². The van der Waals surface area contributed by atoms with E-state index in [1.165, 1.54) is 0 Å². The van der Waals surface area contributed by atoms with Crippen LogP contribution in [-0.2, 0) is 6.42 Å². The van der Waals surface area contributed by atoms with Crippen LogP contribution in [0.15, 0.2) is 10.6 Å². The van der Waals surface area contributed by atoms with Crippen LogP contribution in [-0.4, -0.2) is 16.1 Å². The van der Waals surface area contributed by atoms with Crippen molar-refractivity contribution in [3.05, 3.63) is 34.4 Å². The first-order valence-electron chi connectivity index (χ1n) is 5.94. The number of furan rings is 1. The quantitative estimate of drug-likeness (QED) is 0.876. The Morgan fingerprint density at radius 1 is 1.39 bits per heavy atom. The second-order valence-electron chi connectivity index (χ2n) is 4.29. The number of aryl methyl sites for hydroxylation is 3. The monoisotopic (exact) mass is 247 g/mol. The molecular weight excluding hydrogens is 230 g/mol. The number of H-pyrrole nitrogens is 1. The van der Waals surface area contributed by atoms with Gasteiger partial charge in [0.15, 0.2) is 0 Å². The summed E-state index contributed by atoms with van der Waals surface area (Å²) in [6.45, 7) is 7.54. The lowest BCUT2D eigenvalue weighted by Gasteiger charge is -2.04. The van der Waals surface area contributed by atoms with Crippen LogP contribution in [0.5, 0.6) is 0 Å². The summed E-state index contributed by atoms with van der Waals surface area (Å²) < 4.78 is 5.46. The molecule has 2 N–H and O–H groups in total. The standard InChI is InChI=1S/C13H17N3O2/c1-5-10-6-14-16-12(10)15-13(17)11-7(2)8(3)18-9(11)4/h6H,5H2,1-4H3,(H2,14,15,16,17). The minimum Gasteiger partial charge on any atom is -0.466 e. The van der Waals surface area contributed by atoms with Crippen molar-refractivity contribution in [3.8, 4) is 0 Å². The van der Waals surface area contributed by atoms with Crippen LogP contribution in [0.2, 0.25) is 0 Å². The van der Waals surface area contributed by atoms with Crippen LogP contribution in [0.4, 0.5) is 5.82 Å². The number of hydrogen-bond donors (Lipinski definition) is 2. The largest absolute Gasteiger partial charge is 0.466 e. The van der Waals surface area contributed by atoms with Crippen molar-refractivity contribution < 1.29 is 9.21 Å². The normalized spacial score (nSPS) is 10.7. The fourth-order valence-corrected chi connectivity index (χ4v) is 1.99. The number of nitrogens with zero attached hydrogens (tertiary/aromatic N) is 1. The Balaban J connectivity index is 2.28. The Kier molecular flexibility index (Phi) is 3.23. The molecule has 2 rings (SSSR count). The second kappa shape index (κ2) is 4.68. The van der Waals surface area contributed by atoms with E-state index in [2.05, 4.69) is 15.5 Å². The number of carbonyl (C=O) groups is 1. The summed E-state index contributed by atoms with van der Waals surface area (Å²) >= 11 is 0. The molecule has 5 heteroatoms. The highest BCUT2D eigenvalue weighted by atomic mass is 16.3. The second-order valence-corrected chi connectivity index (χ2v) is 4.29. The van der Waals surface area contributed by atoms with Crippen molar-refractivity contribution in [1.29, 1.82) is 0 Å². The van der Waals surface area contributed by atoms with Crippen LogP contribution in [0.3, 0.4) is 0 Å². The molecule has 0 radical (unpaired) electrons. The lowest BCUT2D eigenvalue weighted by molar-refractivity contribution is 0.102. The Labute approximate surface area is 106 Å². The van der Waals surface area contributed by atoms with Crippen molar-refractivity contribution in [2.75, 3.05) is 5.32 Å². The van der Waals surface area contributed by atoms with Gasteiger partial charge in [-0.15, -0.1) is 0 Å². The number of carbonyl (C=O) groups excluding carboxylic acids is 1. The molecule has 0 aliphatic rings. The van der Waals surface area contributed by atoms with Gasteiger partial charge in [-0.3, -0.25) is 9.89 Å². The van der Waals surface area contributed by atoms with E-state index < -0.39 is 0 Å². The highest BCUT2D eigenvalue weighted by Gasteiger charge is 2.19. The minimum absolute atomic E-state index is 0.166. The topological polar surface area (TPSA) is 70.9 Å². The summed E-state index contributed by atoms with van der Waals surface area (Å²) in [4.78, 5) is 12.2. The van der Waals surface area contributed by atoms with E-state index in [1.807, 2.05) is 20.8 Å². The van der Waals surface area contributed by atoms with Gasteiger partial charge in [-0.25, -0.2) is 0 Å². The number of anilines is 1. The number of nitrogens with one attached hydrogen (secondary N) is 2. The number of aromatic amines is 1. The molecule has 2 aromatic rings. The summed E-state index contributed by atoms with van der Waals surface area (Å²) in [5.74, 6) is 1.90. The number of amides is 1. The average Bonchev–Trinajstić information content (AvgIpc) is 2.85. The Hall–Kier alpha value is -2.04. The van der Waals surface area contributed by atoms with Gasteiger partial charge in [0.2, 0.25) is 0 Å². The van der Waals surface area contributed by atoms with Gasteiger partial charge in [-0.2, -0.15) is 5.10 Å². The summed E-state index contributed by atoms with van der Waals surface area (Å²) in [5, 5.41) is 9.55. The van der Waals surface area contributed by atoms with Gasteiger partial charge in [0, 0.05) is 11.1 Å². The van der Waals surface area contributed by atoms with Crippen LogP contribution in [0.25, 0.3) is 0 Å². The molecule has 0 aliphatic carbocycles. The van der Waals surface area contributed by atoms with Gasteiger partial charge in [0.05, 0.1) is 11.8 Å². The third kappa shape index (κ3) is 2.03. The maximum atomic E-state index is 12.2. The molecule has 18 heavy (non-hydrogen) atoms. The van der Waals surface area contributed by atoms with Gasteiger partial charge in [-0.05, 0) is 27.2 Å². The van der Waals surface area contributed by atoms with E-state index in [1.54, 1.807) is 13.1 Å². The molecule has 0 spiro atoms. The van der Waals surface area contributed by atoms with Gasteiger partial charge in [0.1, 0.15) is 17.3 Å². The molecule has 0 atom stereocenters. The zero-order valence-corrected chi connectivity index (χ0v) is 11.0. The van der Waals surface area contributed by atoms with Crippen LogP contribution in [0.1, 0.15) is 39.9 Å². The first-order valence-corrected chi connectivity index (χ1v) is 5.94. The Morgan fingerprint density at radius 3 is 2.67 bits per heavy atom. The number of aromatic nitrogens is 2. The Morgan fingerprint density at radius 2 is 2.11 bits per heavy atom. The lowest BCUT2D eigenvalue weighted by Crippen LogP contribution is -2.14. The highest BCUT2D eigenvalue weighted by Crippen LogP contribution is 2.22. The van der Waals surface area contributed by atoms with Crippen LogP contribution in [0, 0.1) is 20.8 Å². The van der Waals surface area contributed by atoms with E-state index in [0.717, 1.165) is 23.3 Å². The highest BCUT2D eigenvalue weighted by molar-refractivity contribution is 6.06. The number of hydrogen-bond acceptors (Lipinski definition) is 3. The van der Waals surface area contributed by atoms with E-state index in [9.17, 15) is 4.79 Å². The van der Waals surface area contributed by atoms with E-state index in [-0.39, 0.29) is 5.91 Å². The molecule has 0 fully saturated rings. The minimum atomic E-state index is -0.166. The summed E-state index contributed by atoms with van der Waals surface area (Å²) in [6, 6.07) is 0. The third-order valence-corrected chi connectivity index (χ3v) is 3.13. The van der Waals surface area contributed by atoms with Gasteiger partial charge in [-0.1, -0.05) is 6.92 Å².